The normalized spacial score (nSPS) is 18.6. The number of carbonyl (C=O) groups is 1. The Labute approximate surface area is 199 Å². The summed E-state index contributed by atoms with van der Waals surface area (Å²) in [6.45, 7) is 1.95. The number of hydrogen-bond acceptors (Lipinski definition) is 5. The van der Waals surface area contributed by atoms with Crippen LogP contribution < -0.4 is 4.74 Å². The van der Waals surface area contributed by atoms with Gasteiger partial charge in [-0.15, -0.1) is 0 Å². The Hall–Kier alpha value is -2.96. The van der Waals surface area contributed by atoms with Gasteiger partial charge in [-0.1, -0.05) is 42.5 Å². The van der Waals surface area contributed by atoms with Crippen LogP contribution >= 0.6 is 0 Å². The van der Waals surface area contributed by atoms with Crippen LogP contribution in [0.1, 0.15) is 56.6 Å². The molecule has 4 rings (SSSR count). The summed E-state index contributed by atoms with van der Waals surface area (Å²) in [6, 6.07) is 14.3. The quantitative estimate of drug-likeness (QED) is 0.538. The van der Waals surface area contributed by atoms with Gasteiger partial charge < -0.3 is 19.7 Å². The van der Waals surface area contributed by atoms with E-state index in [4.69, 9.17) is 9.47 Å². The smallest absolute Gasteiger partial charge is 0.308 e. The predicted molar refractivity (Wildman–Crippen MR) is 128 cm³/mol. The van der Waals surface area contributed by atoms with Crippen molar-refractivity contribution in [2.45, 2.75) is 63.3 Å². The number of ether oxygens (including phenoxy) is 2. The molecule has 1 aliphatic carbocycles. The highest BCUT2D eigenvalue weighted by Crippen LogP contribution is 2.50. The second kappa shape index (κ2) is 10.5. The lowest BCUT2D eigenvalue weighted by Crippen LogP contribution is -2.38. The summed E-state index contributed by atoms with van der Waals surface area (Å²) in [5.74, 6) is 0.00402. The third-order valence-electron chi connectivity index (χ3n) is 6.47. The van der Waals surface area contributed by atoms with Gasteiger partial charge in [-0.3, -0.25) is 4.79 Å². The van der Waals surface area contributed by atoms with Crippen LogP contribution in [0.15, 0.2) is 66.3 Å². The molecule has 2 atom stereocenters. The molecule has 1 spiro atoms. The van der Waals surface area contributed by atoms with Crippen LogP contribution in [-0.2, 0) is 9.53 Å². The van der Waals surface area contributed by atoms with E-state index in [0.717, 1.165) is 53.7 Å². The maximum Gasteiger partial charge on any atom is 0.308 e. The Bertz CT molecular complexity index is 1070. The lowest BCUT2D eigenvalue weighted by Gasteiger charge is -2.39. The molecule has 0 bridgehead atoms. The number of aliphatic hydroxyl groups excluding tert-OH is 2. The number of aliphatic hydroxyl groups is 2. The van der Waals surface area contributed by atoms with E-state index >= 15 is 0 Å². The first kappa shape index (κ1) is 24.2. The van der Waals surface area contributed by atoms with E-state index in [9.17, 15) is 19.4 Å². The van der Waals surface area contributed by atoms with Gasteiger partial charge in [0.05, 0.1) is 25.2 Å². The molecule has 0 radical (unpaired) electrons. The fourth-order valence-electron chi connectivity index (χ4n) is 4.94. The second-order valence-corrected chi connectivity index (χ2v) is 8.92. The zero-order chi connectivity index (χ0) is 24.1. The molecule has 2 aromatic rings. The summed E-state index contributed by atoms with van der Waals surface area (Å²) in [7, 11) is 0. The molecular formula is C28H31FO5. The number of carbonyl (C=O) groups excluding carboxylic acids is 1. The van der Waals surface area contributed by atoms with Crippen LogP contribution in [0, 0.1) is 5.82 Å². The van der Waals surface area contributed by atoms with Crippen molar-refractivity contribution in [3.63, 3.8) is 0 Å². The van der Waals surface area contributed by atoms with Gasteiger partial charge in [0, 0.05) is 17.6 Å². The van der Waals surface area contributed by atoms with Gasteiger partial charge in [0.15, 0.2) is 0 Å². The molecular weight excluding hydrogens is 435 g/mol. The fourth-order valence-corrected chi connectivity index (χ4v) is 4.94. The maximum atomic E-state index is 13.7. The minimum Gasteiger partial charge on any atom is -0.482 e. The third kappa shape index (κ3) is 5.24. The summed E-state index contributed by atoms with van der Waals surface area (Å²) in [6.07, 6.45) is 5.14. The molecule has 1 aliphatic heterocycles. The van der Waals surface area contributed by atoms with Crippen molar-refractivity contribution in [3.8, 4) is 5.75 Å². The molecule has 2 N–H and O–H groups in total. The summed E-state index contributed by atoms with van der Waals surface area (Å²) in [4.78, 5) is 11.6. The molecule has 2 aliphatic rings. The van der Waals surface area contributed by atoms with E-state index in [1.165, 1.54) is 12.1 Å². The van der Waals surface area contributed by atoms with E-state index in [1.54, 1.807) is 25.1 Å². The molecule has 6 heteroatoms. The number of fused-ring (bicyclic) bond motifs is 1. The highest BCUT2D eigenvalue weighted by Gasteiger charge is 2.44. The average Bonchev–Trinajstić information content (AvgIpc) is 3.26. The maximum absolute atomic E-state index is 13.7. The molecule has 1 saturated carbocycles. The van der Waals surface area contributed by atoms with Crippen molar-refractivity contribution < 1.29 is 28.9 Å². The van der Waals surface area contributed by atoms with Crippen LogP contribution in [0.25, 0.3) is 5.57 Å². The molecule has 1 heterocycles. The highest BCUT2D eigenvalue weighted by molar-refractivity contribution is 5.89. The number of benzene rings is 2. The van der Waals surface area contributed by atoms with Gasteiger partial charge in [-0.2, -0.15) is 0 Å². The Morgan fingerprint density at radius 1 is 1.15 bits per heavy atom. The molecule has 5 nitrogen and oxygen atoms in total. The molecule has 0 amide bonds. The first-order valence-corrected chi connectivity index (χ1v) is 11.9. The third-order valence-corrected chi connectivity index (χ3v) is 6.47. The Morgan fingerprint density at radius 3 is 2.56 bits per heavy atom. The van der Waals surface area contributed by atoms with Gasteiger partial charge in [-0.05, 0) is 61.9 Å². The predicted octanol–water partition coefficient (Wildman–Crippen LogP) is 4.95. The lowest BCUT2D eigenvalue weighted by molar-refractivity contribution is -0.145. The van der Waals surface area contributed by atoms with Crippen LogP contribution in [-0.4, -0.2) is 40.6 Å². The van der Waals surface area contributed by atoms with Crippen molar-refractivity contribution in [1.29, 1.82) is 0 Å². The summed E-state index contributed by atoms with van der Waals surface area (Å²) >= 11 is 0. The van der Waals surface area contributed by atoms with Crippen LogP contribution in [0.2, 0.25) is 0 Å². The Morgan fingerprint density at radius 2 is 1.85 bits per heavy atom. The first-order chi connectivity index (χ1) is 16.4. The fraction of sp³-hybridized carbons (Fsp3) is 0.393. The molecule has 180 valence electrons. The van der Waals surface area contributed by atoms with Gasteiger partial charge >= 0.3 is 5.97 Å². The van der Waals surface area contributed by atoms with E-state index < -0.39 is 23.8 Å². The minimum absolute atomic E-state index is 0.0128. The number of hydrogen-bond donors (Lipinski definition) is 2. The van der Waals surface area contributed by atoms with E-state index in [-0.39, 0.29) is 25.3 Å². The number of halogens is 1. The largest absolute Gasteiger partial charge is 0.482 e. The monoisotopic (exact) mass is 466 g/mol. The SMILES string of the molecule is CCOC(=O)CC(O)CC(O)C=CC1=C(c2ccc(F)cc2)c2ccccc2OC12CCCC2. The standard InChI is InChI=1S/C28H31FO5/c1-2-33-26(32)18-22(31)17-21(30)13-14-24-27(19-9-11-20(29)12-10-19)23-7-3-4-8-25(23)34-28(24)15-5-6-16-28/h3-4,7-14,21-22,30-31H,2,5-6,15-18H2,1H3. The van der Waals surface area contributed by atoms with Gasteiger partial charge in [0.1, 0.15) is 17.2 Å². The van der Waals surface area contributed by atoms with Crippen molar-refractivity contribution >= 4 is 11.5 Å². The molecule has 2 unspecified atom stereocenters. The second-order valence-electron chi connectivity index (χ2n) is 8.92. The molecule has 1 fully saturated rings. The molecule has 34 heavy (non-hydrogen) atoms. The lowest BCUT2D eigenvalue weighted by atomic mass is 9.79. The van der Waals surface area contributed by atoms with E-state index in [1.807, 2.05) is 30.3 Å². The van der Waals surface area contributed by atoms with Crippen molar-refractivity contribution in [3.05, 3.63) is 83.2 Å². The van der Waals surface area contributed by atoms with Gasteiger partial charge in [-0.25, -0.2) is 4.39 Å². The molecule has 0 aromatic heterocycles. The zero-order valence-electron chi connectivity index (χ0n) is 19.4. The first-order valence-electron chi connectivity index (χ1n) is 11.9. The minimum atomic E-state index is -1.01. The number of esters is 1. The van der Waals surface area contributed by atoms with Crippen LogP contribution in [0.4, 0.5) is 4.39 Å². The van der Waals surface area contributed by atoms with Crippen molar-refractivity contribution in [2.75, 3.05) is 6.61 Å². The van der Waals surface area contributed by atoms with Crippen molar-refractivity contribution in [1.82, 2.24) is 0 Å². The summed E-state index contributed by atoms with van der Waals surface area (Å²) < 4.78 is 25.2. The molecule has 2 aromatic carbocycles. The summed E-state index contributed by atoms with van der Waals surface area (Å²) in [5.41, 5.74) is 3.16. The van der Waals surface area contributed by atoms with Gasteiger partial charge in [0.25, 0.3) is 0 Å². The number of para-hydroxylation sites is 1. The highest BCUT2D eigenvalue weighted by atomic mass is 19.1. The summed E-state index contributed by atoms with van der Waals surface area (Å²) in [5, 5.41) is 20.8. The van der Waals surface area contributed by atoms with E-state index in [0.29, 0.717) is 0 Å². The zero-order valence-corrected chi connectivity index (χ0v) is 19.4. The average molecular weight is 467 g/mol. The number of rotatable bonds is 8. The Balaban J connectivity index is 1.70. The Kier molecular flexibility index (Phi) is 7.49. The van der Waals surface area contributed by atoms with Crippen molar-refractivity contribution in [2.24, 2.45) is 0 Å². The van der Waals surface area contributed by atoms with Crippen LogP contribution in [0.3, 0.4) is 0 Å². The van der Waals surface area contributed by atoms with Gasteiger partial charge in [0.2, 0.25) is 0 Å². The molecule has 0 saturated heterocycles. The topological polar surface area (TPSA) is 76.0 Å². The van der Waals surface area contributed by atoms with Crippen LogP contribution in [0.5, 0.6) is 5.75 Å². The van der Waals surface area contributed by atoms with E-state index in [2.05, 4.69) is 0 Å².